The molecule has 0 heterocycles. The average molecular weight is 432 g/mol. The molecule has 2 aromatic carbocycles. The van der Waals surface area contributed by atoms with Crippen LogP contribution in [-0.2, 0) is 21.0 Å². The molecule has 0 saturated carbocycles. The molecule has 0 aliphatic carbocycles. The Morgan fingerprint density at radius 1 is 1.07 bits per heavy atom. The summed E-state index contributed by atoms with van der Waals surface area (Å²) in [6, 6.07) is 8.30. The van der Waals surface area contributed by atoms with E-state index in [1.807, 2.05) is 4.72 Å². The lowest BCUT2D eigenvalue weighted by molar-refractivity contribution is -0.136. The molecule has 10 heteroatoms. The van der Waals surface area contributed by atoms with Crippen LogP contribution >= 0.6 is 11.8 Å². The largest absolute Gasteiger partial charge is 0.418 e. The third-order valence-electron chi connectivity index (χ3n) is 3.74. The van der Waals surface area contributed by atoms with Crippen molar-refractivity contribution in [1.29, 1.82) is 0 Å². The summed E-state index contributed by atoms with van der Waals surface area (Å²) in [5.74, 6) is -0.632. The maximum atomic E-state index is 13.1. The Morgan fingerprint density at radius 3 is 2.29 bits per heavy atom. The number of rotatable bonds is 6. The summed E-state index contributed by atoms with van der Waals surface area (Å²) >= 11 is 1.30. The van der Waals surface area contributed by atoms with Gasteiger partial charge in [-0.1, -0.05) is 26.0 Å². The first kappa shape index (κ1) is 22.1. The van der Waals surface area contributed by atoms with Crippen LogP contribution in [0.5, 0.6) is 0 Å². The van der Waals surface area contributed by atoms with Crippen molar-refractivity contribution in [3.63, 3.8) is 0 Å². The van der Waals surface area contributed by atoms with E-state index in [2.05, 4.69) is 5.32 Å². The summed E-state index contributed by atoms with van der Waals surface area (Å²) in [6.07, 6.45) is -2.95. The minimum absolute atomic E-state index is 0.263. The Bertz CT molecular complexity index is 974. The van der Waals surface area contributed by atoms with Crippen molar-refractivity contribution >= 4 is 39.1 Å². The molecule has 0 unspecified atom stereocenters. The van der Waals surface area contributed by atoms with E-state index in [-0.39, 0.29) is 22.4 Å². The average Bonchev–Trinajstić information content (AvgIpc) is 2.60. The number of carbonyl (C=O) groups is 1. The number of anilines is 2. The van der Waals surface area contributed by atoms with Crippen LogP contribution in [0.15, 0.2) is 52.3 Å². The monoisotopic (exact) mass is 432 g/mol. The van der Waals surface area contributed by atoms with Crippen LogP contribution in [-0.4, -0.2) is 20.6 Å². The van der Waals surface area contributed by atoms with E-state index in [1.165, 1.54) is 42.1 Å². The van der Waals surface area contributed by atoms with Crippen molar-refractivity contribution in [3.05, 3.63) is 48.0 Å². The van der Waals surface area contributed by atoms with Gasteiger partial charge in [-0.3, -0.25) is 9.52 Å². The summed E-state index contributed by atoms with van der Waals surface area (Å²) in [5.41, 5.74) is -1.39. The molecule has 0 aliphatic rings. The van der Waals surface area contributed by atoms with E-state index in [0.29, 0.717) is 4.90 Å². The van der Waals surface area contributed by atoms with Gasteiger partial charge in [0.15, 0.2) is 0 Å². The molecule has 0 saturated heterocycles. The molecule has 0 bridgehead atoms. The van der Waals surface area contributed by atoms with Crippen LogP contribution in [0.4, 0.5) is 24.5 Å². The van der Waals surface area contributed by atoms with E-state index >= 15 is 0 Å². The topological polar surface area (TPSA) is 75.3 Å². The van der Waals surface area contributed by atoms with Gasteiger partial charge in [0, 0.05) is 10.8 Å². The van der Waals surface area contributed by atoms with E-state index < -0.39 is 27.5 Å². The number of sulfonamides is 1. The van der Waals surface area contributed by atoms with Gasteiger partial charge in [-0.05, 0) is 36.6 Å². The first-order valence-electron chi connectivity index (χ1n) is 8.13. The molecule has 0 radical (unpaired) electrons. The summed E-state index contributed by atoms with van der Waals surface area (Å²) < 4.78 is 66.7. The molecular weight excluding hydrogens is 413 g/mol. The molecule has 1 amide bonds. The van der Waals surface area contributed by atoms with Crippen molar-refractivity contribution in [1.82, 2.24) is 0 Å². The summed E-state index contributed by atoms with van der Waals surface area (Å²) in [6.45, 7) is 3.37. The highest BCUT2D eigenvalue weighted by Crippen LogP contribution is 2.36. The predicted octanol–water partition coefficient (Wildman–Crippen LogP) is 4.82. The molecule has 0 aromatic heterocycles. The number of nitrogens with one attached hydrogen (secondary N) is 2. The molecule has 0 aliphatic heterocycles. The maximum absolute atomic E-state index is 13.1. The van der Waals surface area contributed by atoms with Crippen molar-refractivity contribution < 1.29 is 26.4 Å². The highest BCUT2D eigenvalue weighted by Gasteiger charge is 2.34. The second-order valence-electron chi connectivity index (χ2n) is 6.15. The third kappa shape index (κ3) is 5.20. The number of benzene rings is 2. The quantitative estimate of drug-likeness (QED) is 0.642. The highest BCUT2D eigenvalue weighted by molar-refractivity contribution is 7.98. The number of para-hydroxylation sites is 1. The molecule has 2 aromatic rings. The maximum Gasteiger partial charge on any atom is 0.418 e. The van der Waals surface area contributed by atoms with Gasteiger partial charge in [-0.25, -0.2) is 8.42 Å². The number of hydrogen-bond acceptors (Lipinski definition) is 4. The number of amides is 1. The van der Waals surface area contributed by atoms with Crippen LogP contribution < -0.4 is 10.0 Å². The molecule has 152 valence electrons. The zero-order valence-electron chi connectivity index (χ0n) is 15.3. The van der Waals surface area contributed by atoms with E-state index in [1.54, 1.807) is 20.1 Å². The minimum Gasteiger partial charge on any atom is -0.325 e. The van der Waals surface area contributed by atoms with Crippen LogP contribution in [0.3, 0.4) is 0 Å². The normalized spacial score (nSPS) is 12.1. The Morgan fingerprint density at radius 2 is 1.71 bits per heavy atom. The zero-order valence-corrected chi connectivity index (χ0v) is 16.9. The lowest BCUT2D eigenvalue weighted by Gasteiger charge is -2.16. The molecule has 28 heavy (non-hydrogen) atoms. The molecule has 2 rings (SSSR count). The van der Waals surface area contributed by atoms with Gasteiger partial charge in [0.1, 0.15) is 0 Å². The Kier molecular flexibility index (Phi) is 6.66. The van der Waals surface area contributed by atoms with Gasteiger partial charge >= 0.3 is 6.18 Å². The highest BCUT2D eigenvalue weighted by atomic mass is 32.2. The standard InChI is InChI=1S/C18H19F3N2O3S2/c1-11(2)17(24)22-15-10-12(8-9-16(15)27-3)28(25,26)23-14-7-5-4-6-13(14)18(19,20)21/h4-11,23H,1-3H3,(H,22,24). The number of hydrogen-bond donors (Lipinski definition) is 2. The summed E-state index contributed by atoms with van der Waals surface area (Å²) in [7, 11) is -4.31. The van der Waals surface area contributed by atoms with E-state index in [0.717, 1.165) is 12.1 Å². The molecule has 0 spiro atoms. The lowest BCUT2D eigenvalue weighted by Crippen LogP contribution is -2.20. The fourth-order valence-corrected chi connectivity index (χ4v) is 3.89. The number of carbonyl (C=O) groups excluding carboxylic acids is 1. The number of thioether (sulfide) groups is 1. The molecule has 0 fully saturated rings. The van der Waals surface area contributed by atoms with Crippen LogP contribution in [0.2, 0.25) is 0 Å². The van der Waals surface area contributed by atoms with Gasteiger partial charge < -0.3 is 5.32 Å². The molecule has 0 atom stereocenters. The van der Waals surface area contributed by atoms with Gasteiger partial charge in [0.2, 0.25) is 5.91 Å². The van der Waals surface area contributed by atoms with Crippen LogP contribution in [0.25, 0.3) is 0 Å². The van der Waals surface area contributed by atoms with Crippen LogP contribution in [0.1, 0.15) is 19.4 Å². The Labute approximate surface area is 165 Å². The second kappa shape index (κ2) is 8.44. The lowest BCUT2D eigenvalue weighted by atomic mass is 10.2. The van der Waals surface area contributed by atoms with E-state index in [9.17, 15) is 26.4 Å². The van der Waals surface area contributed by atoms with Crippen molar-refractivity contribution in [2.45, 2.75) is 29.8 Å². The predicted molar refractivity (Wildman–Crippen MR) is 104 cm³/mol. The first-order valence-corrected chi connectivity index (χ1v) is 10.8. The zero-order chi connectivity index (χ0) is 21.1. The second-order valence-corrected chi connectivity index (χ2v) is 8.69. The first-order chi connectivity index (χ1) is 13.0. The smallest absolute Gasteiger partial charge is 0.325 e. The summed E-state index contributed by atoms with van der Waals surface area (Å²) in [5, 5.41) is 2.64. The Hall–Kier alpha value is -2.20. The van der Waals surface area contributed by atoms with Gasteiger partial charge in [0.05, 0.1) is 21.8 Å². The number of alkyl halides is 3. The Balaban J connectivity index is 2.43. The number of halogens is 3. The van der Waals surface area contributed by atoms with Crippen molar-refractivity contribution in [2.24, 2.45) is 5.92 Å². The van der Waals surface area contributed by atoms with E-state index in [4.69, 9.17) is 0 Å². The molecule has 5 nitrogen and oxygen atoms in total. The summed E-state index contributed by atoms with van der Waals surface area (Å²) in [4.78, 5) is 12.3. The molecule has 2 N–H and O–H groups in total. The minimum atomic E-state index is -4.71. The van der Waals surface area contributed by atoms with Crippen LogP contribution in [0, 0.1) is 5.92 Å². The van der Waals surface area contributed by atoms with Crippen molar-refractivity contribution in [3.8, 4) is 0 Å². The third-order valence-corrected chi connectivity index (χ3v) is 5.90. The fourth-order valence-electron chi connectivity index (χ4n) is 2.25. The van der Waals surface area contributed by atoms with Gasteiger partial charge in [-0.15, -0.1) is 11.8 Å². The van der Waals surface area contributed by atoms with Gasteiger partial charge in [-0.2, -0.15) is 13.2 Å². The van der Waals surface area contributed by atoms with Gasteiger partial charge in [0.25, 0.3) is 10.0 Å². The molecular formula is C18H19F3N2O3S2. The van der Waals surface area contributed by atoms with Crippen molar-refractivity contribution in [2.75, 3.05) is 16.3 Å². The fraction of sp³-hybridized carbons (Fsp3) is 0.278. The SMILES string of the molecule is CSc1ccc(S(=O)(=O)Nc2ccccc2C(F)(F)F)cc1NC(=O)C(C)C.